The minimum Gasteiger partial charge on any atom is -0.319 e. The van der Waals surface area contributed by atoms with Gasteiger partial charge in [-0.2, -0.15) is 0 Å². The van der Waals surface area contributed by atoms with Gasteiger partial charge < -0.3 is 5.32 Å². The van der Waals surface area contributed by atoms with Crippen LogP contribution in [0.25, 0.3) is 0 Å². The van der Waals surface area contributed by atoms with E-state index in [1.54, 1.807) is 6.92 Å². The maximum Gasteiger partial charge on any atom is 0.325 e. The van der Waals surface area contributed by atoms with Gasteiger partial charge in [0.2, 0.25) is 0 Å². The number of nitro groups is 1. The second-order valence-corrected chi connectivity index (χ2v) is 7.42. The van der Waals surface area contributed by atoms with Crippen LogP contribution in [0.15, 0.2) is 42.5 Å². The van der Waals surface area contributed by atoms with E-state index in [2.05, 4.69) is 5.32 Å². The molecule has 8 heteroatoms. The SMILES string of the molecule is Cc1ccc(C(=O)CN2C(=O)N[C@@]3(CCCc4ccccc43)C2=O)cc1[N+](=O)[O-]. The molecule has 148 valence electrons. The fraction of sp³-hybridized carbons (Fsp3) is 0.286. The van der Waals surface area contributed by atoms with Crippen LogP contribution in [0.5, 0.6) is 0 Å². The van der Waals surface area contributed by atoms with Gasteiger partial charge in [-0.3, -0.25) is 24.6 Å². The molecule has 4 rings (SSSR count). The number of Topliss-reactive ketones (excluding diaryl/α,β-unsaturated/α-hetero) is 1. The number of hydrogen-bond acceptors (Lipinski definition) is 5. The van der Waals surface area contributed by atoms with Crippen LogP contribution in [0.3, 0.4) is 0 Å². The predicted octanol–water partition coefficient (Wildman–Crippen LogP) is 2.87. The van der Waals surface area contributed by atoms with Gasteiger partial charge in [-0.25, -0.2) is 4.79 Å². The number of rotatable bonds is 4. The Hall–Kier alpha value is -3.55. The summed E-state index contributed by atoms with van der Waals surface area (Å²) in [6, 6.07) is 11.0. The number of carbonyl (C=O) groups excluding carboxylic acids is 3. The molecule has 1 atom stereocenters. The highest BCUT2D eigenvalue weighted by Gasteiger charge is 2.54. The zero-order valence-corrected chi connectivity index (χ0v) is 15.8. The summed E-state index contributed by atoms with van der Waals surface area (Å²) in [6.45, 7) is 1.11. The van der Waals surface area contributed by atoms with Gasteiger partial charge in [0.05, 0.1) is 11.5 Å². The molecule has 3 amide bonds. The predicted molar refractivity (Wildman–Crippen MR) is 103 cm³/mol. The first-order valence-corrected chi connectivity index (χ1v) is 9.34. The van der Waals surface area contributed by atoms with E-state index in [1.165, 1.54) is 18.2 Å². The number of nitrogens with zero attached hydrogens (tertiary/aromatic N) is 2. The monoisotopic (exact) mass is 393 g/mol. The number of ketones is 1. The quantitative estimate of drug-likeness (QED) is 0.372. The molecule has 1 N–H and O–H groups in total. The molecule has 1 spiro atoms. The third kappa shape index (κ3) is 2.97. The molecule has 0 unspecified atom stereocenters. The topological polar surface area (TPSA) is 110 Å². The highest BCUT2D eigenvalue weighted by molar-refractivity contribution is 6.11. The number of imide groups is 1. The van der Waals surface area contributed by atoms with Crippen molar-refractivity contribution in [2.24, 2.45) is 0 Å². The number of carbonyl (C=O) groups is 3. The van der Waals surface area contributed by atoms with Crippen LogP contribution in [-0.4, -0.2) is 34.1 Å². The Morgan fingerprint density at radius 2 is 2.00 bits per heavy atom. The van der Waals surface area contributed by atoms with Crippen LogP contribution in [0.4, 0.5) is 10.5 Å². The van der Waals surface area contributed by atoms with Crippen molar-refractivity contribution in [3.8, 4) is 0 Å². The van der Waals surface area contributed by atoms with Gasteiger partial charge >= 0.3 is 6.03 Å². The van der Waals surface area contributed by atoms with Gasteiger partial charge in [0.25, 0.3) is 11.6 Å². The maximum atomic E-state index is 13.2. The van der Waals surface area contributed by atoms with Gasteiger partial charge in [0.15, 0.2) is 5.78 Å². The van der Waals surface area contributed by atoms with Crippen molar-refractivity contribution in [3.63, 3.8) is 0 Å². The van der Waals surface area contributed by atoms with Crippen molar-refractivity contribution < 1.29 is 19.3 Å². The summed E-state index contributed by atoms with van der Waals surface area (Å²) in [5.74, 6) is -0.984. The molecule has 0 bridgehead atoms. The van der Waals surface area contributed by atoms with Gasteiger partial charge in [0, 0.05) is 17.2 Å². The third-order valence-corrected chi connectivity index (χ3v) is 5.68. The number of nitrogens with one attached hydrogen (secondary N) is 1. The molecule has 2 aromatic carbocycles. The van der Waals surface area contributed by atoms with Crippen molar-refractivity contribution in [3.05, 3.63) is 74.8 Å². The molecular formula is C21H19N3O5. The van der Waals surface area contributed by atoms with E-state index in [9.17, 15) is 24.5 Å². The zero-order chi connectivity index (χ0) is 20.8. The lowest BCUT2D eigenvalue weighted by Gasteiger charge is -2.33. The lowest BCUT2D eigenvalue weighted by molar-refractivity contribution is -0.385. The van der Waals surface area contributed by atoms with E-state index in [1.807, 2.05) is 24.3 Å². The number of urea groups is 1. The minimum absolute atomic E-state index is 0.0906. The molecule has 1 fully saturated rings. The van der Waals surface area contributed by atoms with Crippen LogP contribution >= 0.6 is 0 Å². The van der Waals surface area contributed by atoms with Crippen molar-refractivity contribution in [2.45, 2.75) is 31.7 Å². The average molecular weight is 393 g/mol. The first-order chi connectivity index (χ1) is 13.8. The Bertz CT molecular complexity index is 1060. The molecule has 29 heavy (non-hydrogen) atoms. The Kier molecular flexibility index (Phi) is 4.41. The lowest BCUT2D eigenvalue weighted by Crippen LogP contribution is -2.46. The third-order valence-electron chi connectivity index (χ3n) is 5.68. The molecule has 2 aromatic rings. The fourth-order valence-electron chi connectivity index (χ4n) is 4.17. The van der Waals surface area contributed by atoms with Gasteiger partial charge in [-0.15, -0.1) is 0 Å². The van der Waals surface area contributed by atoms with Crippen molar-refractivity contribution in [1.82, 2.24) is 10.2 Å². The number of benzene rings is 2. The molecule has 0 radical (unpaired) electrons. The molecule has 2 aliphatic rings. The van der Waals surface area contributed by atoms with Crippen molar-refractivity contribution >= 4 is 23.4 Å². The lowest BCUT2D eigenvalue weighted by atomic mass is 9.76. The summed E-state index contributed by atoms with van der Waals surface area (Å²) in [5.41, 5.74) is 0.976. The highest BCUT2D eigenvalue weighted by atomic mass is 16.6. The van der Waals surface area contributed by atoms with Crippen LogP contribution in [0.2, 0.25) is 0 Å². The first kappa shape index (κ1) is 18.8. The Morgan fingerprint density at radius 3 is 2.76 bits per heavy atom. The summed E-state index contributed by atoms with van der Waals surface area (Å²) in [7, 11) is 0. The summed E-state index contributed by atoms with van der Waals surface area (Å²) in [6.07, 6.45) is 2.04. The van der Waals surface area contributed by atoms with E-state index < -0.39 is 34.7 Å². The second kappa shape index (κ2) is 6.80. The Balaban J connectivity index is 1.62. The van der Waals surface area contributed by atoms with E-state index in [4.69, 9.17) is 0 Å². The molecule has 0 saturated carbocycles. The summed E-state index contributed by atoms with van der Waals surface area (Å²) in [4.78, 5) is 50.0. The van der Waals surface area contributed by atoms with E-state index in [0.29, 0.717) is 12.0 Å². The van der Waals surface area contributed by atoms with Crippen molar-refractivity contribution in [2.75, 3.05) is 6.54 Å². The van der Waals surface area contributed by atoms with Gasteiger partial charge in [-0.05, 0) is 37.3 Å². The molecule has 8 nitrogen and oxygen atoms in total. The summed E-state index contributed by atoms with van der Waals surface area (Å²) in [5, 5.41) is 13.9. The molecule has 1 heterocycles. The van der Waals surface area contributed by atoms with E-state index >= 15 is 0 Å². The van der Waals surface area contributed by atoms with Crippen LogP contribution < -0.4 is 5.32 Å². The van der Waals surface area contributed by atoms with E-state index in [-0.39, 0.29) is 11.3 Å². The smallest absolute Gasteiger partial charge is 0.319 e. The maximum absolute atomic E-state index is 13.2. The fourth-order valence-corrected chi connectivity index (χ4v) is 4.17. The Labute approximate surface area is 166 Å². The van der Waals surface area contributed by atoms with Crippen LogP contribution in [0, 0.1) is 17.0 Å². The number of aryl methyl sites for hydroxylation is 2. The molecule has 0 aromatic heterocycles. The summed E-state index contributed by atoms with van der Waals surface area (Å²) < 4.78 is 0. The molecular weight excluding hydrogens is 374 g/mol. The van der Waals surface area contributed by atoms with E-state index in [0.717, 1.165) is 28.9 Å². The first-order valence-electron chi connectivity index (χ1n) is 9.34. The minimum atomic E-state index is -1.15. The second-order valence-electron chi connectivity index (χ2n) is 7.42. The highest BCUT2D eigenvalue weighted by Crippen LogP contribution is 2.39. The molecule has 1 aliphatic carbocycles. The average Bonchev–Trinajstić information content (AvgIpc) is 2.93. The Morgan fingerprint density at radius 1 is 1.24 bits per heavy atom. The largest absolute Gasteiger partial charge is 0.325 e. The molecule has 1 aliphatic heterocycles. The normalized spacial score (nSPS) is 20.5. The number of fused-ring (bicyclic) bond motifs is 2. The van der Waals surface area contributed by atoms with Gasteiger partial charge in [0.1, 0.15) is 5.54 Å². The number of amides is 3. The number of hydrogen-bond donors (Lipinski definition) is 1. The van der Waals surface area contributed by atoms with Crippen LogP contribution in [-0.2, 0) is 16.8 Å². The van der Waals surface area contributed by atoms with Crippen LogP contribution in [0.1, 0.15) is 39.9 Å². The number of nitro benzene ring substituents is 1. The summed E-state index contributed by atoms with van der Waals surface area (Å²) >= 11 is 0. The molecule has 1 saturated heterocycles. The van der Waals surface area contributed by atoms with Crippen molar-refractivity contribution in [1.29, 1.82) is 0 Å². The standard InChI is InChI=1S/C21H19N3O5/c1-13-8-9-15(11-17(13)24(28)29)18(25)12-23-19(26)21(22-20(23)27)10-4-6-14-5-2-3-7-16(14)21/h2-3,5,7-9,11H,4,6,10,12H2,1H3,(H,22,27)/t21-/m1/s1. The van der Waals surface area contributed by atoms with Gasteiger partial charge in [-0.1, -0.05) is 36.4 Å². The zero-order valence-electron chi connectivity index (χ0n) is 15.8.